The highest BCUT2D eigenvalue weighted by atomic mass is 32.1. The van der Waals surface area contributed by atoms with Crippen molar-refractivity contribution in [1.82, 2.24) is 9.97 Å². The first-order valence-electron chi connectivity index (χ1n) is 8.94. The summed E-state index contributed by atoms with van der Waals surface area (Å²) in [4.78, 5) is 22.1. The first kappa shape index (κ1) is 17.4. The fraction of sp³-hybridized carbons (Fsp3) is 0.136. The van der Waals surface area contributed by atoms with Crippen molar-refractivity contribution in [2.24, 2.45) is 0 Å². The molecule has 4 nitrogen and oxygen atoms in total. The zero-order valence-electron chi connectivity index (χ0n) is 14.8. The van der Waals surface area contributed by atoms with E-state index in [2.05, 4.69) is 27.4 Å². The number of carbonyl (C=O) groups is 1. The molecule has 0 aliphatic heterocycles. The average molecular weight is 373 g/mol. The van der Waals surface area contributed by atoms with Crippen LogP contribution in [0.1, 0.15) is 18.4 Å². The molecule has 0 saturated heterocycles. The van der Waals surface area contributed by atoms with Crippen LogP contribution in [-0.4, -0.2) is 15.9 Å². The van der Waals surface area contributed by atoms with Gasteiger partial charge in [0.05, 0.1) is 0 Å². The van der Waals surface area contributed by atoms with E-state index in [4.69, 9.17) is 0 Å². The van der Waals surface area contributed by atoms with Gasteiger partial charge in [-0.15, -0.1) is 0 Å². The SMILES string of the molecule is O=C(CCCc1ccccc1)Nc1cccc(-c2nc3cccnc3s2)c1. The van der Waals surface area contributed by atoms with Gasteiger partial charge in [-0.25, -0.2) is 9.97 Å². The van der Waals surface area contributed by atoms with Gasteiger partial charge in [0.15, 0.2) is 0 Å². The van der Waals surface area contributed by atoms with Gasteiger partial charge >= 0.3 is 0 Å². The van der Waals surface area contributed by atoms with Crippen LogP contribution in [0, 0.1) is 0 Å². The van der Waals surface area contributed by atoms with Crippen molar-refractivity contribution in [1.29, 1.82) is 0 Å². The minimum Gasteiger partial charge on any atom is -0.326 e. The minimum absolute atomic E-state index is 0.0362. The summed E-state index contributed by atoms with van der Waals surface area (Å²) in [5, 5.41) is 3.90. The maximum Gasteiger partial charge on any atom is 0.224 e. The lowest BCUT2D eigenvalue weighted by Gasteiger charge is -2.07. The van der Waals surface area contributed by atoms with Crippen LogP contribution in [0.3, 0.4) is 0 Å². The van der Waals surface area contributed by atoms with Crippen molar-refractivity contribution in [2.45, 2.75) is 19.3 Å². The van der Waals surface area contributed by atoms with Gasteiger partial charge in [-0.2, -0.15) is 0 Å². The molecule has 4 aromatic rings. The Hall–Kier alpha value is -3.05. The number of carbonyl (C=O) groups excluding carboxylic acids is 1. The first-order chi connectivity index (χ1) is 13.3. The molecule has 27 heavy (non-hydrogen) atoms. The molecule has 0 spiro atoms. The van der Waals surface area contributed by atoms with Crippen LogP contribution >= 0.6 is 11.3 Å². The third kappa shape index (κ3) is 4.38. The van der Waals surface area contributed by atoms with E-state index in [0.29, 0.717) is 6.42 Å². The Kier molecular flexibility index (Phi) is 5.21. The first-order valence-corrected chi connectivity index (χ1v) is 9.75. The Morgan fingerprint density at radius 2 is 1.89 bits per heavy atom. The zero-order valence-corrected chi connectivity index (χ0v) is 15.6. The van der Waals surface area contributed by atoms with Gasteiger partial charge in [-0.1, -0.05) is 53.8 Å². The molecule has 0 unspecified atom stereocenters. The molecule has 4 rings (SSSR count). The van der Waals surface area contributed by atoms with Gasteiger partial charge < -0.3 is 5.32 Å². The highest BCUT2D eigenvalue weighted by Crippen LogP contribution is 2.30. The molecule has 0 fully saturated rings. The topological polar surface area (TPSA) is 54.9 Å². The molecular formula is C22H19N3OS. The van der Waals surface area contributed by atoms with Crippen LogP contribution in [0.5, 0.6) is 0 Å². The maximum absolute atomic E-state index is 12.3. The molecule has 0 atom stereocenters. The van der Waals surface area contributed by atoms with Crippen molar-refractivity contribution < 1.29 is 4.79 Å². The quantitative estimate of drug-likeness (QED) is 0.498. The monoisotopic (exact) mass is 373 g/mol. The van der Waals surface area contributed by atoms with E-state index in [-0.39, 0.29) is 5.91 Å². The third-order valence-corrected chi connectivity index (χ3v) is 5.30. The van der Waals surface area contributed by atoms with Crippen LogP contribution in [0.2, 0.25) is 0 Å². The lowest BCUT2D eigenvalue weighted by molar-refractivity contribution is -0.116. The number of aromatic nitrogens is 2. The molecular weight excluding hydrogens is 354 g/mol. The predicted octanol–water partition coefficient (Wildman–Crippen LogP) is 5.32. The molecule has 0 radical (unpaired) electrons. The molecule has 1 N–H and O–H groups in total. The van der Waals surface area contributed by atoms with Gasteiger partial charge in [-0.3, -0.25) is 4.79 Å². The molecule has 0 bridgehead atoms. The summed E-state index contributed by atoms with van der Waals surface area (Å²) < 4.78 is 0. The van der Waals surface area contributed by atoms with Crippen molar-refractivity contribution in [3.63, 3.8) is 0 Å². The predicted molar refractivity (Wildman–Crippen MR) is 111 cm³/mol. The Balaban J connectivity index is 1.39. The second-order valence-corrected chi connectivity index (χ2v) is 7.29. The number of rotatable bonds is 6. The summed E-state index contributed by atoms with van der Waals surface area (Å²) in [5.41, 5.74) is 3.94. The normalized spacial score (nSPS) is 10.8. The number of nitrogens with one attached hydrogen (secondary N) is 1. The van der Waals surface area contributed by atoms with Crippen LogP contribution in [0.4, 0.5) is 5.69 Å². The fourth-order valence-corrected chi connectivity index (χ4v) is 3.85. The smallest absolute Gasteiger partial charge is 0.224 e. The van der Waals surface area contributed by atoms with E-state index in [0.717, 1.165) is 39.4 Å². The molecule has 0 aliphatic carbocycles. The summed E-state index contributed by atoms with van der Waals surface area (Å²) in [6.07, 6.45) is 4.02. The summed E-state index contributed by atoms with van der Waals surface area (Å²) in [7, 11) is 0. The number of hydrogen-bond acceptors (Lipinski definition) is 4. The van der Waals surface area contributed by atoms with E-state index >= 15 is 0 Å². The molecule has 0 aliphatic rings. The maximum atomic E-state index is 12.3. The van der Waals surface area contributed by atoms with Crippen LogP contribution in [0.25, 0.3) is 20.9 Å². The lowest BCUT2D eigenvalue weighted by atomic mass is 10.1. The summed E-state index contributed by atoms with van der Waals surface area (Å²) in [5.74, 6) is 0.0362. The molecule has 134 valence electrons. The number of amides is 1. The number of thiazole rings is 1. The molecule has 0 saturated carbocycles. The van der Waals surface area contributed by atoms with Crippen LogP contribution < -0.4 is 5.32 Å². The van der Waals surface area contributed by atoms with E-state index in [9.17, 15) is 4.79 Å². The Bertz CT molecular complexity index is 1030. The number of pyridine rings is 1. The van der Waals surface area contributed by atoms with Gasteiger partial charge in [0, 0.05) is 23.9 Å². The van der Waals surface area contributed by atoms with Gasteiger partial charge in [0.25, 0.3) is 0 Å². The van der Waals surface area contributed by atoms with E-state index in [1.807, 2.05) is 54.6 Å². The highest BCUT2D eigenvalue weighted by molar-refractivity contribution is 7.21. The average Bonchev–Trinajstić information content (AvgIpc) is 3.13. The Morgan fingerprint density at radius 3 is 2.74 bits per heavy atom. The minimum atomic E-state index is 0.0362. The second kappa shape index (κ2) is 8.10. The van der Waals surface area contributed by atoms with Crippen molar-refractivity contribution in [3.8, 4) is 10.6 Å². The lowest BCUT2D eigenvalue weighted by Crippen LogP contribution is -2.11. The van der Waals surface area contributed by atoms with Gasteiger partial charge in [0.2, 0.25) is 5.91 Å². The number of fused-ring (bicyclic) bond motifs is 1. The molecule has 2 heterocycles. The molecule has 2 aromatic carbocycles. The number of anilines is 1. The van der Waals surface area contributed by atoms with E-state index in [1.54, 1.807) is 17.5 Å². The van der Waals surface area contributed by atoms with Crippen molar-refractivity contribution in [2.75, 3.05) is 5.32 Å². The standard InChI is InChI=1S/C22H19N3OS/c26-20(13-4-9-16-7-2-1-3-8-16)24-18-11-5-10-17(15-18)21-25-19-12-6-14-23-22(19)27-21/h1-3,5-8,10-12,14-15H,4,9,13H2,(H,24,26). The van der Waals surface area contributed by atoms with Gasteiger partial charge in [0.1, 0.15) is 15.4 Å². The van der Waals surface area contributed by atoms with E-state index < -0.39 is 0 Å². The van der Waals surface area contributed by atoms with Crippen LogP contribution in [0.15, 0.2) is 72.9 Å². The largest absolute Gasteiger partial charge is 0.326 e. The third-order valence-electron chi connectivity index (χ3n) is 4.27. The number of hydrogen-bond donors (Lipinski definition) is 1. The molecule has 2 aromatic heterocycles. The summed E-state index contributed by atoms with van der Waals surface area (Å²) in [6.45, 7) is 0. The fourth-order valence-electron chi connectivity index (χ4n) is 2.94. The number of aryl methyl sites for hydroxylation is 1. The zero-order chi connectivity index (χ0) is 18.5. The van der Waals surface area contributed by atoms with Gasteiger partial charge in [-0.05, 0) is 42.7 Å². The highest BCUT2D eigenvalue weighted by Gasteiger charge is 2.08. The molecule has 1 amide bonds. The number of nitrogens with zero attached hydrogens (tertiary/aromatic N) is 2. The van der Waals surface area contributed by atoms with Crippen molar-refractivity contribution in [3.05, 3.63) is 78.5 Å². The Morgan fingerprint density at radius 1 is 1.00 bits per heavy atom. The second-order valence-electron chi connectivity index (χ2n) is 6.31. The van der Waals surface area contributed by atoms with Crippen LogP contribution in [-0.2, 0) is 11.2 Å². The van der Waals surface area contributed by atoms with E-state index in [1.165, 1.54) is 5.56 Å². The van der Waals surface area contributed by atoms with Crippen molar-refractivity contribution >= 4 is 33.3 Å². The summed E-state index contributed by atoms with van der Waals surface area (Å²) in [6, 6.07) is 21.9. The number of benzene rings is 2. The summed E-state index contributed by atoms with van der Waals surface area (Å²) >= 11 is 1.55. The Labute approximate surface area is 161 Å². The molecule has 5 heteroatoms.